The normalized spacial score (nSPS) is 18.0. The van der Waals surface area contributed by atoms with E-state index < -0.39 is 0 Å². The third-order valence-corrected chi connectivity index (χ3v) is 6.35. The highest BCUT2D eigenvalue weighted by Crippen LogP contribution is 2.32. The molecule has 0 spiro atoms. The standard InChI is InChI=1S/C23H24Cl2N4OS/c1-27-10-11-29(19(13-27)15-31)18-3-5-20(6-4-18)30-23(14-28-9-8-26-16-28)21-7-2-17(24)12-22(21)25/h2-9,12,15-16,19,23H,10-11,13-14H2,1H3. The van der Waals surface area contributed by atoms with Crippen molar-refractivity contribution in [2.24, 2.45) is 0 Å². The van der Waals surface area contributed by atoms with E-state index >= 15 is 0 Å². The molecular weight excluding hydrogens is 451 g/mol. The first-order valence-electron chi connectivity index (χ1n) is 10.1. The maximum absolute atomic E-state index is 6.49. The Bertz CT molecular complexity index is 1010. The molecule has 0 bridgehead atoms. The molecular formula is C23H24Cl2N4OS. The van der Waals surface area contributed by atoms with Crippen LogP contribution < -0.4 is 9.64 Å². The lowest BCUT2D eigenvalue weighted by molar-refractivity contribution is 0.183. The summed E-state index contributed by atoms with van der Waals surface area (Å²) < 4.78 is 8.35. The molecule has 0 N–H and O–H groups in total. The second-order valence-corrected chi connectivity index (χ2v) is 8.80. The van der Waals surface area contributed by atoms with Gasteiger partial charge >= 0.3 is 0 Å². The smallest absolute Gasteiger partial charge is 0.143 e. The molecule has 0 saturated carbocycles. The lowest BCUT2D eigenvalue weighted by Crippen LogP contribution is -2.52. The van der Waals surface area contributed by atoms with Gasteiger partial charge < -0.3 is 19.1 Å². The summed E-state index contributed by atoms with van der Waals surface area (Å²) in [5.74, 6) is 0.771. The molecule has 2 aromatic carbocycles. The van der Waals surface area contributed by atoms with Crippen molar-refractivity contribution in [1.82, 2.24) is 14.5 Å². The van der Waals surface area contributed by atoms with Crippen LogP contribution in [0.2, 0.25) is 10.0 Å². The van der Waals surface area contributed by atoms with Crippen molar-refractivity contribution in [3.63, 3.8) is 0 Å². The largest absolute Gasteiger partial charge is 0.484 e. The van der Waals surface area contributed by atoms with E-state index in [0.29, 0.717) is 16.6 Å². The van der Waals surface area contributed by atoms with Gasteiger partial charge in [-0.25, -0.2) is 4.98 Å². The van der Waals surface area contributed by atoms with Crippen LogP contribution in [0.1, 0.15) is 11.7 Å². The fourth-order valence-electron chi connectivity index (χ4n) is 3.82. The summed E-state index contributed by atoms with van der Waals surface area (Å²) in [6.45, 7) is 3.47. The average molecular weight is 475 g/mol. The molecule has 0 amide bonds. The Kier molecular flexibility index (Phi) is 7.13. The summed E-state index contributed by atoms with van der Waals surface area (Å²) in [7, 11) is 2.13. The Morgan fingerprint density at radius 3 is 2.68 bits per heavy atom. The number of imidazole rings is 1. The number of ether oxygens (including phenoxy) is 1. The van der Waals surface area contributed by atoms with Crippen LogP contribution in [-0.2, 0) is 6.54 Å². The van der Waals surface area contributed by atoms with Gasteiger partial charge in [-0.1, -0.05) is 41.5 Å². The van der Waals surface area contributed by atoms with Gasteiger partial charge in [-0.2, -0.15) is 0 Å². The molecule has 3 aromatic rings. The van der Waals surface area contributed by atoms with Crippen LogP contribution in [0.5, 0.6) is 5.75 Å². The quantitative estimate of drug-likeness (QED) is 0.443. The van der Waals surface area contributed by atoms with E-state index in [4.69, 9.17) is 40.2 Å². The number of benzene rings is 2. The van der Waals surface area contributed by atoms with Crippen LogP contribution in [-0.4, -0.2) is 52.5 Å². The Balaban J connectivity index is 1.54. The number of hydrogen-bond acceptors (Lipinski definition) is 5. The van der Waals surface area contributed by atoms with Crippen molar-refractivity contribution in [3.8, 4) is 5.75 Å². The molecule has 162 valence electrons. The zero-order chi connectivity index (χ0) is 21.8. The fourth-order valence-corrected chi connectivity index (χ4v) is 4.58. The molecule has 5 nitrogen and oxygen atoms in total. The maximum Gasteiger partial charge on any atom is 0.143 e. The van der Waals surface area contributed by atoms with Crippen LogP contribution in [0.15, 0.2) is 61.2 Å². The van der Waals surface area contributed by atoms with Gasteiger partial charge in [0.15, 0.2) is 0 Å². The van der Waals surface area contributed by atoms with Crippen molar-refractivity contribution in [3.05, 3.63) is 76.8 Å². The monoisotopic (exact) mass is 474 g/mol. The van der Waals surface area contributed by atoms with Gasteiger partial charge in [-0.05, 0) is 43.4 Å². The lowest BCUT2D eigenvalue weighted by atomic mass is 10.1. The lowest BCUT2D eigenvalue weighted by Gasteiger charge is -2.39. The van der Waals surface area contributed by atoms with Crippen molar-refractivity contribution in [2.45, 2.75) is 18.7 Å². The number of nitrogens with zero attached hydrogens (tertiary/aromatic N) is 4. The van der Waals surface area contributed by atoms with Crippen LogP contribution in [0.3, 0.4) is 0 Å². The number of piperazine rings is 1. The van der Waals surface area contributed by atoms with E-state index in [1.165, 1.54) is 0 Å². The number of thiocarbonyl (C=S) groups is 1. The molecule has 2 unspecified atom stereocenters. The number of rotatable bonds is 7. The van der Waals surface area contributed by atoms with E-state index in [2.05, 4.69) is 34.0 Å². The van der Waals surface area contributed by atoms with Crippen LogP contribution >= 0.6 is 35.4 Å². The number of anilines is 1. The first kappa shape index (κ1) is 22.1. The van der Waals surface area contributed by atoms with E-state index in [9.17, 15) is 0 Å². The summed E-state index contributed by atoms with van der Waals surface area (Å²) in [6, 6.07) is 13.9. The van der Waals surface area contributed by atoms with Gasteiger partial charge in [-0.3, -0.25) is 0 Å². The average Bonchev–Trinajstić information content (AvgIpc) is 3.27. The molecule has 8 heteroatoms. The van der Waals surface area contributed by atoms with E-state index in [-0.39, 0.29) is 12.1 Å². The van der Waals surface area contributed by atoms with Gasteiger partial charge in [0.25, 0.3) is 0 Å². The molecule has 1 aliphatic rings. The van der Waals surface area contributed by atoms with E-state index in [1.807, 2.05) is 40.4 Å². The minimum Gasteiger partial charge on any atom is -0.484 e. The predicted octanol–water partition coefficient (Wildman–Crippen LogP) is 5.13. The minimum absolute atomic E-state index is 0.224. The molecule has 31 heavy (non-hydrogen) atoms. The zero-order valence-electron chi connectivity index (χ0n) is 17.2. The molecule has 1 saturated heterocycles. The van der Waals surface area contributed by atoms with Gasteiger partial charge in [0.05, 0.1) is 18.9 Å². The van der Waals surface area contributed by atoms with E-state index in [0.717, 1.165) is 36.6 Å². The van der Waals surface area contributed by atoms with Crippen LogP contribution in [0.25, 0.3) is 0 Å². The van der Waals surface area contributed by atoms with Crippen LogP contribution in [0.4, 0.5) is 5.69 Å². The summed E-state index contributed by atoms with van der Waals surface area (Å²) in [5.41, 5.74) is 2.02. The third-order valence-electron chi connectivity index (χ3n) is 5.47. The zero-order valence-corrected chi connectivity index (χ0v) is 19.5. The number of halogens is 2. The Morgan fingerprint density at radius 2 is 2.00 bits per heavy atom. The topological polar surface area (TPSA) is 33.5 Å². The Hall–Kier alpha value is -2.12. The van der Waals surface area contributed by atoms with Crippen molar-refractivity contribution >= 4 is 46.5 Å². The second kappa shape index (κ2) is 10.0. The molecule has 0 aliphatic carbocycles. The summed E-state index contributed by atoms with van der Waals surface area (Å²) in [4.78, 5) is 8.78. The Morgan fingerprint density at radius 1 is 1.19 bits per heavy atom. The highest BCUT2D eigenvalue weighted by molar-refractivity contribution is 7.79. The van der Waals surface area contributed by atoms with Crippen LogP contribution in [0, 0.1) is 0 Å². The summed E-state index contributed by atoms with van der Waals surface area (Å²) in [5, 5.41) is 3.03. The van der Waals surface area contributed by atoms with Crippen molar-refractivity contribution in [2.75, 3.05) is 31.6 Å². The number of hydrogen-bond donors (Lipinski definition) is 0. The van der Waals surface area contributed by atoms with Gasteiger partial charge in [0.1, 0.15) is 11.9 Å². The third kappa shape index (κ3) is 5.39. The molecule has 0 radical (unpaired) electrons. The van der Waals surface area contributed by atoms with Gasteiger partial charge in [0, 0.05) is 58.7 Å². The molecule has 1 fully saturated rings. The SMILES string of the molecule is CN1CCN(c2ccc(OC(Cn3ccnc3)c3ccc(Cl)cc3Cl)cc2)C(C=S)C1. The van der Waals surface area contributed by atoms with Crippen molar-refractivity contribution < 1.29 is 4.74 Å². The van der Waals surface area contributed by atoms with Gasteiger partial charge in [0.2, 0.25) is 0 Å². The van der Waals surface area contributed by atoms with Gasteiger partial charge in [-0.15, -0.1) is 0 Å². The molecule has 4 rings (SSSR count). The summed E-state index contributed by atoms with van der Waals surface area (Å²) in [6.07, 6.45) is 5.13. The second-order valence-electron chi connectivity index (χ2n) is 7.68. The number of likely N-dealkylation sites (N-methyl/N-ethyl adjacent to an activating group) is 1. The molecule has 2 atom stereocenters. The highest BCUT2D eigenvalue weighted by atomic mass is 35.5. The minimum atomic E-state index is -0.290. The maximum atomic E-state index is 6.49. The van der Waals surface area contributed by atoms with Crippen molar-refractivity contribution in [1.29, 1.82) is 0 Å². The molecule has 1 aliphatic heterocycles. The molecule has 2 heterocycles. The van der Waals surface area contributed by atoms with E-state index in [1.54, 1.807) is 18.6 Å². The Labute approximate surface area is 198 Å². The fraction of sp³-hybridized carbons (Fsp3) is 0.304. The first-order chi connectivity index (χ1) is 15.0. The molecule has 1 aromatic heterocycles. The number of aromatic nitrogens is 2. The first-order valence-corrected chi connectivity index (χ1v) is 11.3. The summed E-state index contributed by atoms with van der Waals surface area (Å²) >= 11 is 17.8. The predicted molar refractivity (Wildman–Crippen MR) is 131 cm³/mol. The highest BCUT2D eigenvalue weighted by Gasteiger charge is 2.24.